The number of rotatable bonds is 2. The Kier molecular flexibility index (Phi) is 4.09. The largest absolute Gasteiger partial charge is 0.300 e. The molecule has 1 aromatic heterocycles. The number of amides is 1. The first kappa shape index (κ1) is 15.6. The van der Waals surface area contributed by atoms with E-state index < -0.39 is 0 Å². The maximum atomic E-state index is 12.2. The number of amidine groups is 1. The minimum atomic E-state index is -0.126. The highest BCUT2D eigenvalue weighted by atomic mass is 32.2. The molecule has 0 radical (unpaired) electrons. The topological polar surface area (TPSA) is 70.1 Å². The number of hydrogen-bond acceptors (Lipinski definition) is 4. The molecule has 2 heterocycles. The third-order valence-corrected chi connectivity index (χ3v) is 4.60. The summed E-state index contributed by atoms with van der Waals surface area (Å²) in [4.78, 5) is 17.3. The van der Waals surface area contributed by atoms with Crippen molar-refractivity contribution in [1.29, 1.82) is 0 Å². The second kappa shape index (κ2) is 6.04. The van der Waals surface area contributed by atoms with E-state index in [1.165, 1.54) is 17.3 Å². The van der Waals surface area contributed by atoms with Gasteiger partial charge in [-0.2, -0.15) is 5.10 Å². The summed E-state index contributed by atoms with van der Waals surface area (Å²) in [7, 11) is 0. The minimum absolute atomic E-state index is 0.126. The first-order valence-electron chi connectivity index (χ1n) is 7.32. The molecule has 1 aliphatic rings. The van der Waals surface area contributed by atoms with E-state index in [0.717, 1.165) is 28.2 Å². The van der Waals surface area contributed by atoms with Gasteiger partial charge in [0.1, 0.15) is 0 Å². The fourth-order valence-electron chi connectivity index (χ4n) is 2.42. The number of carbonyl (C=O) groups is 1. The number of aryl methyl sites for hydroxylation is 4. The standard InChI is InChI=1S/C17H18N4OS/c1-9-5-6-14(10(2)7-9)18-17-19-16(22)15(23-17)8-13-11(3)20-21-12(13)4/h5-8H,1-4H3,(H,20,21)(H,18,19,22)/b15-8-. The lowest BCUT2D eigenvalue weighted by atomic mass is 10.1. The van der Waals surface area contributed by atoms with Crippen molar-refractivity contribution in [2.75, 3.05) is 0 Å². The van der Waals surface area contributed by atoms with Crippen LogP contribution in [-0.4, -0.2) is 21.3 Å². The molecular weight excluding hydrogens is 308 g/mol. The van der Waals surface area contributed by atoms with E-state index in [-0.39, 0.29) is 5.91 Å². The van der Waals surface area contributed by atoms with Crippen LogP contribution < -0.4 is 5.32 Å². The Bertz CT molecular complexity index is 829. The van der Waals surface area contributed by atoms with Gasteiger partial charge in [0.25, 0.3) is 5.91 Å². The van der Waals surface area contributed by atoms with Crippen LogP contribution in [0.25, 0.3) is 6.08 Å². The fraction of sp³-hybridized carbons (Fsp3) is 0.235. The number of thioether (sulfide) groups is 1. The van der Waals surface area contributed by atoms with Crippen LogP contribution in [0, 0.1) is 27.7 Å². The lowest BCUT2D eigenvalue weighted by Gasteiger charge is -2.02. The van der Waals surface area contributed by atoms with Gasteiger partial charge in [-0.15, -0.1) is 0 Å². The van der Waals surface area contributed by atoms with Crippen molar-refractivity contribution < 1.29 is 4.79 Å². The minimum Gasteiger partial charge on any atom is -0.300 e. The van der Waals surface area contributed by atoms with Crippen molar-refractivity contribution in [2.24, 2.45) is 4.99 Å². The number of H-pyrrole nitrogens is 1. The number of aromatic nitrogens is 2. The quantitative estimate of drug-likeness (QED) is 0.829. The number of nitrogens with one attached hydrogen (secondary N) is 2. The molecule has 0 aliphatic carbocycles. The molecule has 118 valence electrons. The van der Waals surface area contributed by atoms with E-state index in [9.17, 15) is 4.79 Å². The Morgan fingerprint density at radius 2 is 2.00 bits per heavy atom. The Balaban J connectivity index is 1.89. The van der Waals surface area contributed by atoms with Crippen LogP contribution in [0.2, 0.25) is 0 Å². The Morgan fingerprint density at radius 1 is 1.22 bits per heavy atom. The van der Waals surface area contributed by atoms with Crippen molar-refractivity contribution in [3.8, 4) is 0 Å². The summed E-state index contributed by atoms with van der Waals surface area (Å²) in [6.07, 6.45) is 1.86. The van der Waals surface area contributed by atoms with E-state index in [1.54, 1.807) is 0 Å². The monoisotopic (exact) mass is 326 g/mol. The van der Waals surface area contributed by atoms with Crippen LogP contribution in [0.5, 0.6) is 0 Å². The SMILES string of the molecule is Cc1ccc(N=C2NC(=O)/C(=C/c3c(C)n[nH]c3C)S2)c(C)c1. The van der Waals surface area contributed by atoms with Gasteiger partial charge in [-0.3, -0.25) is 9.89 Å². The predicted octanol–water partition coefficient (Wildman–Crippen LogP) is 3.53. The zero-order valence-corrected chi connectivity index (χ0v) is 14.3. The van der Waals surface area contributed by atoms with Crippen LogP contribution in [0.15, 0.2) is 28.1 Å². The molecule has 0 unspecified atom stereocenters. The van der Waals surface area contributed by atoms with E-state index >= 15 is 0 Å². The van der Waals surface area contributed by atoms with Crippen LogP contribution in [0.3, 0.4) is 0 Å². The third kappa shape index (κ3) is 3.22. The van der Waals surface area contributed by atoms with Gasteiger partial charge in [-0.05, 0) is 57.2 Å². The summed E-state index contributed by atoms with van der Waals surface area (Å²) in [6.45, 7) is 7.92. The van der Waals surface area contributed by atoms with Crippen molar-refractivity contribution >= 4 is 34.6 Å². The van der Waals surface area contributed by atoms with Gasteiger partial charge >= 0.3 is 0 Å². The van der Waals surface area contributed by atoms with Gasteiger partial charge in [0, 0.05) is 11.3 Å². The zero-order chi connectivity index (χ0) is 16.6. The zero-order valence-electron chi connectivity index (χ0n) is 13.5. The highest BCUT2D eigenvalue weighted by Crippen LogP contribution is 2.30. The van der Waals surface area contributed by atoms with Gasteiger partial charge in [-0.25, -0.2) is 4.99 Å². The normalized spacial score (nSPS) is 18.0. The van der Waals surface area contributed by atoms with Crippen molar-refractivity contribution in [3.63, 3.8) is 0 Å². The number of aliphatic imine (C=N–C) groups is 1. The van der Waals surface area contributed by atoms with E-state index in [4.69, 9.17) is 0 Å². The van der Waals surface area contributed by atoms with Crippen molar-refractivity contribution in [3.05, 3.63) is 51.2 Å². The molecule has 3 rings (SSSR count). The molecule has 1 fully saturated rings. The summed E-state index contributed by atoms with van der Waals surface area (Å²) in [5.74, 6) is -0.126. The Hall–Kier alpha value is -2.34. The van der Waals surface area contributed by atoms with Gasteiger partial charge in [0.05, 0.1) is 16.3 Å². The summed E-state index contributed by atoms with van der Waals surface area (Å²) in [5.41, 5.74) is 5.93. The average Bonchev–Trinajstić information content (AvgIpc) is 2.99. The smallest absolute Gasteiger partial charge is 0.264 e. The Morgan fingerprint density at radius 3 is 2.65 bits per heavy atom. The summed E-state index contributed by atoms with van der Waals surface area (Å²) >= 11 is 1.35. The number of aromatic amines is 1. The van der Waals surface area contributed by atoms with Gasteiger partial charge in [0.2, 0.25) is 0 Å². The summed E-state index contributed by atoms with van der Waals surface area (Å²) in [5, 5.41) is 10.5. The fourth-order valence-corrected chi connectivity index (χ4v) is 3.24. The van der Waals surface area contributed by atoms with Gasteiger partial charge in [0.15, 0.2) is 5.17 Å². The molecule has 0 bridgehead atoms. The first-order chi connectivity index (χ1) is 10.9. The maximum absolute atomic E-state index is 12.2. The van der Waals surface area contributed by atoms with Crippen LogP contribution >= 0.6 is 11.8 Å². The highest BCUT2D eigenvalue weighted by Gasteiger charge is 2.24. The molecule has 0 atom stereocenters. The molecule has 0 spiro atoms. The second-order valence-corrected chi connectivity index (χ2v) is 6.65. The summed E-state index contributed by atoms with van der Waals surface area (Å²) < 4.78 is 0. The first-order valence-corrected chi connectivity index (χ1v) is 8.14. The van der Waals surface area contributed by atoms with E-state index in [1.807, 2.05) is 45.9 Å². The lowest BCUT2D eigenvalue weighted by molar-refractivity contribution is -0.115. The third-order valence-electron chi connectivity index (χ3n) is 3.69. The molecule has 1 saturated heterocycles. The number of nitrogens with zero attached hydrogens (tertiary/aromatic N) is 2. The second-order valence-electron chi connectivity index (χ2n) is 5.62. The van der Waals surface area contributed by atoms with Crippen molar-refractivity contribution in [2.45, 2.75) is 27.7 Å². The number of benzene rings is 1. The van der Waals surface area contributed by atoms with Gasteiger partial charge in [-0.1, -0.05) is 17.7 Å². The van der Waals surface area contributed by atoms with Crippen molar-refractivity contribution in [1.82, 2.24) is 15.5 Å². The lowest BCUT2D eigenvalue weighted by Crippen LogP contribution is -2.19. The summed E-state index contributed by atoms with van der Waals surface area (Å²) in [6, 6.07) is 6.06. The van der Waals surface area contributed by atoms with E-state index in [2.05, 4.69) is 26.6 Å². The predicted molar refractivity (Wildman–Crippen MR) is 94.8 cm³/mol. The van der Waals surface area contributed by atoms with Crippen LogP contribution in [0.1, 0.15) is 28.1 Å². The molecule has 1 aromatic carbocycles. The molecule has 1 aliphatic heterocycles. The number of hydrogen-bond donors (Lipinski definition) is 2. The molecule has 2 aromatic rings. The van der Waals surface area contributed by atoms with Gasteiger partial charge < -0.3 is 5.32 Å². The molecular formula is C17H18N4OS. The Labute approximate surface area is 139 Å². The molecule has 5 nitrogen and oxygen atoms in total. The number of carbonyl (C=O) groups excluding carboxylic acids is 1. The molecule has 23 heavy (non-hydrogen) atoms. The average molecular weight is 326 g/mol. The maximum Gasteiger partial charge on any atom is 0.264 e. The molecule has 0 saturated carbocycles. The highest BCUT2D eigenvalue weighted by molar-refractivity contribution is 8.18. The van der Waals surface area contributed by atoms with Crippen LogP contribution in [-0.2, 0) is 4.79 Å². The molecule has 6 heteroatoms. The van der Waals surface area contributed by atoms with Crippen LogP contribution in [0.4, 0.5) is 5.69 Å². The van der Waals surface area contributed by atoms with E-state index in [0.29, 0.717) is 10.1 Å². The molecule has 2 N–H and O–H groups in total. The molecule has 1 amide bonds.